The average Bonchev–Trinajstić information content (AvgIpc) is 3.30. The molecule has 3 N–H and O–H groups in total. The summed E-state index contributed by atoms with van der Waals surface area (Å²) in [6.07, 6.45) is 1.13. The van der Waals surface area contributed by atoms with Crippen LogP contribution in [0.4, 0.5) is 0 Å². The predicted molar refractivity (Wildman–Crippen MR) is 146 cm³/mol. The zero-order chi connectivity index (χ0) is 27.6. The minimum absolute atomic E-state index is 0.00336. The Labute approximate surface area is 232 Å². The van der Waals surface area contributed by atoms with Gasteiger partial charge >= 0.3 is 0 Å². The molecule has 0 radical (unpaired) electrons. The molecule has 1 spiro atoms. The van der Waals surface area contributed by atoms with Gasteiger partial charge < -0.3 is 19.9 Å². The average molecular weight is 633 g/mol. The maximum atomic E-state index is 13.2. The van der Waals surface area contributed by atoms with Gasteiger partial charge in [0.1, 0.15) is 18.5 Å². The van der Waals surface area contributed by atoms with Crippen molar-refractivity contribution in [1.29, 1.82) is 0 Å². The number of hydrogen-bond acceptors (Lipinski definition) is 8. The first-order chi connectivity index (χ1) is 17.9. The predicted octanol–water partition coefficient (Wildman–Crippen LogP) is 2.01. The summed E-state index contributed by atoms with van der Waals surface area (Å²) >= 11 is 3.37. The number of ether oxygens (including phenoxy) is 2. The fourth-order valence-electron chi connectivity index (χ4n) is 4.85. The van der Waals surface area contributed by atoms with Crippen LogP contribution < -0.4 is 14.8 Å². The minimum Gasteiger partial charge on any atom is -0.491 e. The number of aryl methyl sites for hydroxylation is 1. The number of benzene rings is 2. The van der Waals surface area contributed by atoms with E-state index in [-0.39, 0.29) is 29.7 Å². The van der Waals surface area contributed by atoms with Crippen molar-refractivity contribution in [1.82, 2.24) is 14.3 Å². The number of sulfonamides is 2. The van der Waals surface area contributed by atoms with Crippen molar-refractivity contribution in [2.75, 3.05) is 39.9 Å². The fourth-order valence-corrected chi connectivity index (χ4v) is 7.82. The highest BCUT2D eigenvalue weighted by atomic mass is 79.9. The lowest BCUT2D eigenvalue weighted by Gasteiger charge is -2.38. The van der Waals surface area contributed by atoms with E-state index in [2.05, 4.69) is 26.0 Å². The number of aliphatic hydroxyl groups excluding tert-OH is 1. The Morgan fingerprint density at radius 1 is 1.18 bits per heavy atom. The Morgan fingerprint density at radius 2 is 1.92 bits per heavy atom. The molecular formula is C25H34BrN3O7S2. The maximum Gasteiger partial charge on any atom is 0.243 e. The lowest BCUT2D eigenvalue weighted by atomic mass is 9.88. The van der Waals surface area contributed by atoms with Crippen molar-refractivity contribution in [3.63, 3.8) is 0 Å². The first-order valence-electron chi connectivity index (χ1n) is 12.4. The van der Waals surface area contributed by atoms with Crippen molar-refractivity contribution < 1.29 is 31.4 Å². The first-order valence-corrected chi connectivity index (χ1v) is 16.1. The zero-order valence-electron chi connectivity index (χ0n) is 21.4. The number of nitrogens with zero attached hydrogens (tertiary/aromatic N) is 1. The van der Waals surface area contributed by atoms with Crippen molar-refractivity contribution in [2.24, 2.45) is 0 Å². The third-order valence-electron chi connectivity index (χ3n) is 7.08. The number of rotatable bonds is 10. The van der Waals surface area contributed by atoms with Gasteiger partial charge in [-0.25, -0.2) is 21.6 Å². The summed E-state index contributed by atoms with van der Waals surface area (Å²) in [5, 5.41) is 13.7. The van der Waals surface area contributed by atoms with Crippen molar-refractivity contribution in [3.8, 4) is 5.75 Å². The van der Waals surface area contributed by atoms with Crippen LogP contribution in [0, 0.1) is 6.92 Å². The second kappa shape index (κ2) is 11.9. The van der Waals surface area contributed by atoms with E-state index in [1.54, 1.807) is 31.2 Å². The molecule has 2 atom stereocenters. The highest BCUT2D eigenvalue weighted by Gasteiger charge is 2.45. The third kappa shape index (κ3) is 6.76. The third-order valence-corrected chi connectivity index (χ3v) is 11.0. The summed E-state index contributed by atoms with van der Waals surface area (Å²) in [7, 11) is -5.83. The molecule has 0 saturated carbocycles. The summed E-state index contributed by atoms with van der Waals surface area (Å²) in [6, 6.07) is 11.4. The second-order valence-electron chi connectivity index (χ2n) is 9.76. The molecule has 210 valence electrons. The summed E-state index contributed by atoms with van der Waals surface area (Å²) in [4.78, 5) is 0.408. The van der Waals surface area contributed by atoms with Crippen LogP contribution in [0.5, 0.6) is 5.75 Å². The maximum absolute atomic E-state index is 13.2. The van der Waals surface area contributed by atoms with E-state index < -0.39 is 26.2 Å². The minimum atomic E-state index is -3.59. The SMILES string of the molecule is CNS(=O)(=O)c1cccc(OC[C@@H](O)CNC2COC3(CCN(S(=O)(=O)c4cc(Br)ccc4C)CC3)C2)c1. The van der Waals surface area contributed by atoms with Gasteiger partial charge in [0.2, 0.25) is 20.0 Å². The van der Waals surface area contributed by atoms with Gasteiger partial charge in [0.05, 0.1) is 22.0 Å². The van der Waals surface area contributed by atoms with Gasteiger partial charge in [-0.2, -0.15) is 4.31 Å². The number of aliphatic hydroxyl groups is 1. The van der Waals surface area contributed by atoms with Gasteiger partial charge in [0, 0.05) is 36.2 Å². The number of piperidine rings is 1. The van der Waals surface area contributed by atoms with Crippen molar-refractivity contribution in [2.45, 2.75) is 53.7 Å². The van der Waals surface area contributed by atoms with Gasteiger partial charge in [-0.05, 0) is 63.1 Å². The van der Waals surface area contributed by atoms with Crippen LogP contribution in [0.1, 0.15) is 24.8 Å². The highest BCUT2D eigenvalue weighted by Crippen LogP contribution is 2.38. The van der Waals surface area contributed by atoms with E-state index >= 15 is 0 Å². The molecular weight excluding hydrogens is 598 g/mol. The molecule has 0 aromatic heterocycles. The van der Waals surface area contributed by atoms with E-state index in [1.807, 2.05) is 6.07 Å². The molecule has 13 heteroatoms. The summed E-state index contributed by atoms with van der Waals surface area (Å²) in [5.41, 5.74) is 0.338. The number of nitrogens with one attached hydrogen (secondary N) is 2. The zero-order valence-corrected chi connectivity index (χ0v) is 24.6. The van der Waals surface area contributed by atoms with Crippen LogP contribution in [0.15, 0.2) is 56.7 Å². The van der Waals surface area contributed by atoms with Gasteiger partial charge in [0.15, 0.2) is 0 Å². The van der Waals surface area contributed by atoms with Crippen LogP contribution in [-0.4, -0.2) is 83.9 Å². The smallest absolute Gasteiger partial charge is 0.243 e. The summed E-state index contributed by atoms with van der Waals surface area (Å²) < 4.78 is 66.6. The lowest BCUT2D eigenvalue weighted by molar-refractivity contribution is -0.0312. The second-order valence-corrected chi connectivity index (χ2v) is 14.5. The molecule has 2 fully saturated rings. The van der Waals surface area contributed by atoms with Gasteiger partial charge in [0.25, 0.3) is 0 Å². The van der Waals surface area contributed by atoms with Crippen LogP contribution in [-0.2, 0) is 24.8 Å². The Hall–Kier alpha value is -1.58. The lowest BCUT2D eigenvalue weighted by Crippen LogP contribution is -2.47. The highest BCUT2D eigenvalue weighted by molar-refractivity contribution is 9.10. The summed E-state index contributed by atoms with van der Waals surface area (Å²) in [5.74, 6) is 0.350. The van der Waals surface area contributed by atoms with E-state index in [9.17, 15) is 21.9 Å². The normalized spacial score (nSPS) is 21.0. The molecule has 0 bridgehead atoms. The molecule has 0 aliphatic carbocycles. The molecule has 1 unspecified atom stereocenters. The van der Waals surface area contributed by atoms with E-state index in [1.165, 1.54) is 23.5 Å². The van der Waals surface area contributed by atoms with Crippen LogP contribution >= 0.6 is 15.9 Å². The topological polar surface area (TPSA) is 134 Å². The molecule has 4 rings (SSSR count). The molecule has 0 amide bonds. The fraction of sp³-hybridized carbons (Fsp3) is 0.520. The van der Waals surface area contributed by atoms with Crippen LogP contribution in [0.25, 0.3) is 0 Å². The van der Waals surface area contributed by atoms with E-state index in [4.69, 9.17) is 9.47 Å². The first kappa shape index (κ1) is 29.4. The molecule has 2 saturated heterocycles. The Morgan fingerprint density at radius 3 is 2.63 bits per heavy atom. The molecule has 2 aromatic carbocycles. The van der Waals surface area contributed by atoms with Crippen LogP contribution in [0.2, 0.25) is 0 Å². The molecule has 38 heavy (non-hydrogen) atoms. The molecule has 10 nitrogen and oxygen atoms in total. The molecule has 2 heterocycles. The van der Waals surface area contributed by atoms with Gasteiger partial charge in [-0.15, -0.1) is 0 Å². The van der Waals surface area contributed by atoms with E-state index in [0.29, 0.717) is 48.7 Å². The van der Waals surface area contributed by atoms with Gasteiger partial charge in [-0.3, -0.25) is 0 Å². The Bertz CT molecular complexity index is 1350. The van der Waals surface area contributed by atoms with E-state index in [0.717, 1.165) is 10.9 Å². The molecule has 2 aliphatic heterocycles. The van der Waals surface area contributed by atoms with Crippen molar-refractivity contribution >= 4 is 36.0 Å². The molecule has 2 aliphatic rings. The standard InChI is InChI=1S/C25H34BrN3O7S2/c1-18-6-7-19(26)12-24(18)38(33,34)29-10-8-25(9-11-29)14-20(16-36-25)28-15-21(30)17-35-22-4-3-5-23(13-22)37(31,32)27-2/h3-7,12-13,20-21,27-28,30H,8-11,14-17H2,1-2H3/t20?,21-/m0/s1. The number of halogens is 1. The van der Waals surface area contributed by atoms with Gasteiger partial charge in [-0.1, -0.05) is 28.1 Å². The summed E-state index contributed by atoms with van der Waals surface area (Å²) in [6.45, 7) is 3.33. The molecule has 2 aromatic rings. The monoisotopic (exact) mass is 631 g/mol. The Kier molecular flexibility index (Phi) is 9.20. The largest absolute Gasteiger partial charge is 0.491 e. The van der Waals surface area contributed by atoms with Crippen molar-refractivity contribution in [3.05, 3.63) is 52.5 Å². The Balaban J connectivity index is 1.24. The number of hydrogen-bond donors (Lipinski definition) is 3. The van der Waals surface area contributed by atoms with Crippen LogP contribution in [0.3, 0.4) is 0 Å². The quantitative estimate of drug-likeness (QED) is 0.363.